The Morgan fingerprint density at radius 1 is 1.00 bits per heavy atom. The molecule has 2 aromatic rings. The number of benzene rings is 2. The van der Waals surface area contributed by atoms with E-state index in [1.165, 1.54) is 25.3 Å². The predicted molar refractivity (Wildman–Crippen MR) is 77.7 cm³/mol. The molecular formula is C16H12O6. The summed E-state index contributed by atoms with van der Waals surface area (Å²) in [6.07, 6.45) is 0.641. The number of aromatic carboxylic acids is 2. The molecule has 2 aromatic carbocycles. The first kappa shape index (κ1) is 15.2. The third kappa shape index (κ3) is 2.95. The first-order valence-electron chi connectivity index (χ1n) is 6.21. The maximum absolute atomic E-state index is 11.2. The van der Waals surface area contributed by atoms with E-state index >= 15 is 0 Å². The first-order valence-corrected chi connectivity index (χ1v) is 6.21. The highest BCUT2D eigenvalue weighted by atomic mass is 16.5. The van der Waals surface area contributed by atoms with Gasteiger partial charge in [0.1, 0.15) is 12.0 Å². The second kappa shape index (κ2) is 6.09. The molecule has 22 heavy (non-hydrogen) atoms. The van der Waals surface area contributed by atoms with Crippen molar-refractivity contribution in [1.29, 1.82) is 0 Å². The number of carboxylic acid groups (broad SMARTS) is 2. The van der Waals surface area contributed by atoms with Crippen molar-refractivity contribution >= 4 is 18.2 Å². The number of carbonyl (C=O) groups excluding carboxylic acids is 1. The number of ether oxygens (including phenoxy) is 1. The Bertz CT molecular complexity index is 731. The number of rotatable bonds is 5. The van der Waals surface area contributed by atoms with E-state index in [2.05, 4.69) is 0 Å². The van der Waals surface area contributed by atoms with Crippen LogP contribution in [0.5, 0.6) is 5.75 Å². The molecule has 0 aromatic heterocycles. The average Bonchev–Trinajstić information content (AvgIpc) is 2.53. The lowest BCUT2D eigenvalue weighted by molar-refractivity contribution is 0.0696. The topological polar surface area (TPSA) is 101 Å². The van der Waals surface area contributed by atoms with Crippen LogP contribution in [0.1, 0.15) is 31.1 Å². The van der Waals surface area contributed by atoms with Crippen molar-refractivity contribution in [2.24, 2.45) is 0 Å². The summed E-state index contributed by atoms with van der Waals surface area (Å²) in [6.45, 7) is 0. The molecule has 0 aliphatic carbocycles. The second-order valence-electron chi connectivity index (χ2n) is 4.49. The van der Waals surface area contributed by atoms with Gasteiger partial charge in [0.2, 0.25) is 0 Å². The van der Waals surface area contributed by atoms with E-state index in [0.717, 1.165) is 6.07 Å². The molecule has 6 nitrogen and oxygen atoms in total. The fourth-order valence-corrected chi connectivity index (χ4v) is 2.05. The molecule has 0 heterocycles. The monoisotopic (exact) mass is 300 g/mol. The zero-order valence-corrected chi connectivity index (χ0v) is 11.6. The summed E-state index contributed by atoms with van der Waals surface area (Å²) in [5, 5.41) is 18.2. The molecule has 2 N–H and O–H groups in total. The Morgan fingerprint density at radius 2 is 1.59 bits per heavy atom. The van der Waals surface area contributed by atoms with Crippen LogP contribution in [0, 0.1) is 0 Å². The Hall–Kier alpha value is -3.15. The largest absolute Gasteiger partial charge is 0.496 e. The van der Waals surface area contributed by atoms with Crippen LogP contribution in [0.2, 0.25) is 0 Å². The highest BCUT2D eigenvalue weighted by Crippen LogP contribution is 2.32. The van der Waals surface area contributed by atoms with Crippen LogP contribution in [-0.4, -0.2) is 35.5 Å². The van der Waals surface area contributed by atoms with Gasteiger partial charge in [-0.15, -0.1) is 0 Å². The van der Waals surface area contributed by atoms with Gasteiger partial charge in [-0.1, -0.05) is 0 Å². The van der Waals surface area contributed by atoms with E-state index in [4.69, 9.17) is 14.9 Å². The lowest BCUT2D eigenvalue weighted by atomic mass is 9.97. The van der Waals surface area contributed by atoms with Crippen LogP contribution < -0.4 is 4.74 Å². The van der Waals surface area contributed by atoms with Gasteiger partial charge in [-0.3, -0.25) is 4.79 Å². The fraction of sp³-hybridized carbons (Fsp3) is 0.0625. The van der Waals surface area contributed by atoms with Crippen molar-refractivity contribution in [3.63, 3.8) is 0 Å². The predicted octanol–water partition coefficient (Wildman–Crippen LogP) is 2.57. The van der Waals surface area contributed by atoms with Crippen LogP contribution in [-0.2, 0) is 0 Å². The van der Waals surface area contributed by atoms with Crippen LogP contribution in [0.25, 0.3) is 11.1 Å². The van der Waals surface area contributed by atoms with Crippen LogP contribution in [0.3, 0.4) is 0 Å². The number of carbonyl (C=O) groups is 3. The molecule has 0 aliphatic heterocycles. The van der Waals surface area contributed by atoms with Crippen LogP contribution in [0.4, 0.5) is 0 Å². The first-order chi connectivity index (χ1) is 10.5. The maximum Gasteiger partial charge on any atom is 0.335 e. The molecular weight excluding hydrogens is 288 g/mol. The van der Waals surface area contributed by atoms with Crippen molar-refractivity contribution in [1.82, 2.24) is 0 Å². The Balaban J connectivity index is 2.73. The molecule has 0 fully saturated rings. The Morgan fingerprint density at radius 3 is 2.05 bits per heavy atom. The molecule has 0 saturated heterocycles. The number of carboxylic acids is 2. The standard InChI is InChI=1S/C16H12O6/c1-22-14-3-2-9(8-17)4-13(14)10-5-11(15(18)19)7-12(6-10)16(20)21/h2-8H,1H3,(H,18,19)(H,20,21). The van der Waals surface area contributed by atoms with Gasteiger partial charge in [0, 0.05) is 11.1 Å². The molecule has 0 bridgehead atoms. The molecule has 0 radical (unpaired) electrons. The molecule has 0 saturated carbocycles. The Labute approximate surface area is 125 Å². The number of hydrogen-bond acceptors (Lipinski definition) is 4. The zero-order chi connectivity index (χ0) is 16.3. The molecule has 112 valence electrons. The van der Waals surface area contributed by atoms with Gasteiger partial charge in [-0.25, -0.2) is 9.59 Å². The number of hydrogen-bond donors (Lipinski definition) is 2. The molecule has 2 rings (SSSR count). The van der Waals surface area contributed by atoms with Gasteiger partial charge in [-0.2, -0.15) is 0 Å². The summed E-state index contributed by atoms with van der Waals surface area (Å²) in [4.78, 5) is 33.2. The quantitative estimate of drug-likeness (QED) is 0.823. The van der Waals surface area contributed by atoms with Crippen LogP contribution in [0.15, 0.2) is 36.4 Å². The summed E-state index contributed by atoms with van der Waals surface area (Å²) >= 11 is 0. The van der Waals surface area contributed by atoms with Gasteiger partial charge >= 0.3 is 11.9 Å². The van der Waals surface area contributed by atoms with Crippen molar-refractivity contribution in [3.8, 4) is 16.9 Å². The van der Waals surface area contributed by atoms with E-state index < -0.39 is 11.9 Å². The van der Waals surface area contributed by atoms with E-state index in [9.17, 15) is 14.4 Å². The molecule has 0 atom stereocenters. The van der Waals surface area contributed by atoms with E-state index in [1.807, 2.05) is 0 Å². The summed E-state index contributed by atoms with van der Waals surface area (Å²) in [5.74, 6) is -2.07. The second-order valence-corrected chi connectivity index (χ2v) is 4.49. The molecule has 0 aliphatic rings. The highest BCUT2D eigenvalue weighted by molar-refractivity contribution is 5.96. The van der Waals surface area contributed by atoms with Crippen molar-refractivity contribution in [3.05, 3.63) is 53.1 Å². The lowest BCUT2D eigenvalue weighted by Gasteiger charge is -2.11. The SMILES string of the molecule is COc1ccc(C=O)cc1-c1cc(C(=O)O)cc(C(=O)O)c1. The smallest absolute Gasteiger partial charge is 0.335 e. The van der Waals surface area contributed by atoms with Crippen molar-refractivity contribution < 1.29 is 29.3 Å². The minimum atomic E-state index is -1.24. The van der Waals surface area contributed by atoms with E-state index in [-0.39, 0.29) is 11.1 Å². The summed E-state index contributed by atoms with van der Waals surface area (Å²) in [6, 6.07) is 8.37. The summed E-state index contributed by atoms with van der Waals surface area (Å²) in [7, 11) is 1.43. The van der Waals surface area contributed by atoms with Gasteiger partial charge < -0.3 is 14.9 Å². The van der Waals surface area contributed by atoms with E-state index in [1.54, 1.807) is 12.1 Å². The van der Waals surface area contributed by atoms with Crippen molar-refractivity contribution in [2.75, 3.05) is 7.11 Å². The lowest BCUT2D eigenvalue weighted by Crippen LogP contribution is -2.03. The van der Waals surface area contributed by atoms with Crippen LogP contribution >= 0.6 is 0 Å². The molecule has 0 spiro atoms. The van der Waals surface area contributed by atoms with Crippen molar-refractivity contribution in [2.45, 2.75) is 0 Å². The number of methoxy groups -OCH3 is 1. The Kier molecular flexibility index (Phi) is 4.22. The molecule has 0 unspecified atom stereocenters. The third-order valence-corrected chi connectivity index (χ3v) is 3.10. The zero-order valence-electron chi connectivity index (χ0n) is 11.6. The van der Waals surface area contributed by atoms with Gasteiger partial charge in [0.15, 0.2) is 0 Å². The van der Waals surface area contributed by atoms with Gasteiger partial charge in [0.25, 0.3) is 0 Å². The van der Waals surface area contributed by atoms with Gasteiger partial charge in [-0.05, 0) is 42.0 Å². The minimum Gasteiger partial charge on any atom is -0.496 e. The van der Waals surface area contributed by atoms with E-state index in [0.29, 0.717) is 28.7 Å². The molecule has 0 amide bonds. The minimum absolute atomic E-state index is 0.159. The number of aldehydes is 1. The highest BCUT2D eigenvalue weighted by Gasteiger charge is 2.15. The summed E-state index contributed by atoms with van der Waals surface area (Å²) in [5.41, 5.74) is 0.839. The normalized spacial score (nSPS) is 10.0. The third-order valence-electron chi connectivity index (χ3n) is 3.10. The van der Waals surface area contributed by atoms with Gasteiger partial charge in [0.05, 0.1) is 18.2 Å². The fourth-order valence-electron chi connectivity index (χ4n) is 2.05. The summed E-state index contributed by atoms with van der Waals surface area (Å²) < 4.78 is 5.19. The molecule has 6 heteroatoms. The maximum atomic E-state index is 11.2. The average molecular weight is 300 g/mol.